The highest BCUT2D eigenvalue weighted by atomic mass is 28.3. The molecule has 0 radical (unpaired) electrons. The van der Waals surface area contributed by atoms with Gasteiger partial charge in [-0.2, -0.15) is 0 Å². The fraction of sp³-hybridized carbons (Fsp3) is 0.474. The number of benzene rings is 1. The van der Waals surface area contributed by atoms with Crippen LogP contribution in [-0.2, 0) is 7.05 Å². The van der Waals surface area contributed by atoms with Gasteiger partial charge in [0.15, 0.2) is 0 Å². The van der Waals surface area contributed by atoms with Gasteiger partial charge >= 0.3 is 0 Å². The van der Waals surface area contributed by atoms with Crippen molar-refractivity contribution >= 4 is 8.96 Å². The van der Waals surface area contributed by atoms with Gasteiger partial charge in [-0.15, -0.1) is 0 Å². The first-order chi connectivity index (χ1) is 10.2. The standard InChI is InChI=1S/C19H28N2Si/c1-13-12-16-14-10-8-9-11-15(14)18(17(16)20(13)5)21(22(6)7)19(2,3)4/h8-12,18,22H,1-7H3. The molecule has 2 aromatic rings. The Morgan fingerprint density at radius 2 is 1.73 bits per heavy atom. The van der Waals surface area contributed by atoms with Gasteiger partial charge in [-0.05, 0) is 44.9 Å². The summed E-state index contributed by atoms with van der Waals surface area (Å²) in [4.78, 5) is 0. The second-order valence-electron chi connectivity index (χ2n) is 7.81. The summed E-state index contributed by atoms with van der Waals surface area (Å²) in [6, 6.07) is 11.7. The monoisotopic (exact) mass is 312 g/mol. The number of hydrogen-bond acceptors (Lipinski definition) is 1. The van der Waals surface area contributed by atoms with Crippen LogP contribution in [0.1, 0.15) is 43.8 Å². The number of fused-ring (bicyclic) bond motifs is 3. The second-order valence-corrected chi connectivity index (χ2v) is 10.5. The van der Waals surface area contributed by atoms with Crippen LogP contribution in [0.15, 0.2) is 30.3 Å². The van der Waals surface area contributed by atoms with E-state index >= 15 is 0 Å². The van der Waals surface area contributed by atoms with Crippen molar-refractivity contribution in [2.75, 3.05) is 0 Å². The topological polar surface area (TPSA) is 8.17 Å². The SMILES string of the molecule is Cc1cc2c(n1C)C(N([SiH](C)C)C(C)(C)C)c1ccccc1-2. The molecule has 3 rings (SSSR count). The van der Waals surface area contributed by atoms with Gasteiger partial charge in [-0.3, -0.25) is 0 Å². The van der Waals surface area contributed by atoms with Crippen molar-refractivity contribution < 1.29 is 0 Å². The Balaban J connectivity index is 2.27. The zero-order valence-corrected chi connectivity index (χ0v) is 16.1. The maximum atomic E-state index is 2.79. The van der Waals surface area contributed by atoms with Crippen LogP contribution in [0.3, 0.4) is 0 Å². The number of aromatic nitrogens is 1. The van der Waals surface area contributed by atoms with Gasteiger partial charge < -0.3 is 9.13 Å². The fourth-order valence-electron chi connectivity index (χ4n) is 4.17. The predicted octanol–water partition coefficient (Wildman–Crippen LogP) is 4.49. The van der Waals surface area contributed by atoms with Crippen LogP contribution in [-0.4, -0.2) is 23.6 Å². The van der Waals surface area contributed by atoms with Crippen molar-refractivity contribution in [3.05, 3.63) is 47.3 Å². The van der Waals surface area contributed by atoms with Gasteiger partial charge in [0.05, 0.1) is 6.04 Å². The van der Waals surface area contributed by atoms with E-state index in [1.54, 1.807) is 0 Å². The van der Waals surface area contributed by atoms with Crippen molar-refractivity contribution in [3.8, 4) is 11.1 Å². The minimum absolute atomic E-state index is 0.179. The van der Waals surface area contributed by atoms with Crippen LogP contribution in [0.5, 0.6) is 0 Å². The minimum atomic E-state index is -0.973. The van der Waals surface area contributed by atoms with E-state index in [1.165, 1.54) is 28.1 Å². The van der Waals surface area contributed by atoms with Crippen LogP contribution in [0.4, 0.5) is 0 Å². The molecular formula is C19H28N2Si. The lowest BCUT2D eigenvalue weighted by Gasteiger charge is -2.44. The molecule has 118 valence electrons. The Morgan fingerprint density at radius 3 is 2.32 bits per heavy atom. The summed E-state index contributed by atoms with van der Waals surface area (Å²) in [6.45, 7) is 14.2. The molecule has 0 saturated heterocycles. The van der Waals surface area contributed by atoms with E-state index in [0.717, 1.165) is 0 Å². The van der Waals surface area contributed by atoms with Crippen molar-refractivity contribution in [1.82, 2.24) is 9.13 Å². The molecule has 1 aliphatic carbocycles. The Kier molecular flexibility index (Phi) is 3.61. The Bertz CT molecular complexity index is 707. The summed E-state index contributed by atoms with van der Waals surface area (Å²) in [7, 11) is 1.25. The molecule has 1 aromatic carbocycles. The molecule has 0 N–H and O–H groups in total. The molecule has 0 fully saturated rings. The first kappa shape index (κ1) is 15.6. The fourth-order valence-corrected chi connectivity index (χ4v) is 6.61. The Labute approximate surface area is 136 Å². The van der Waals surface area contributed by atoms with E-state index in [2.05, 4.69) is 87.3 Å². The van der Waals surface area contributed by atoms with Gasteiger partial charge in [-0.1, -0.05) is 37.4 Å². The third-order valence-corrected chi connectivity index (χ3v) is 7.12. The summed E-state index contributed by atoms with van der Waals surface area (Å²) >= 11 is 0. The molecule has 1 heterocycles. The number of aryl methyl sites for hydroxylation is 1. The third kappa shape index (κ3) is 2.19. The second kappa shape index (κ2) is 5.10. The van der Waals surface area contributed by atoms with E-state index in [0.29, 0.717) is 6.04 Å². The quantitative estimate of drug-likeness (QED) is 0.742. The smallest absolute Gasteiger partial charge is 0.107 e. The highest BCUT2D eigenvalue weighted by molar-refractivity contribution is 6.53. The van der Waals surface area contributed by atoms with Crippen LogP contribution in [0.25, 0.3) is 11.1 Å². The van der Waals surface area contributed by atoms with Gasteiger partial charge in [0.1, 0.15) is 8.96 Å². The van der Waals surface area contributed by atoms with E-state index < -0.39 is 8.96 Å². The number of nitrogens with zero attached hydrogens (tertiary/aromatic N) is 2. The van der Waals surface area contributed by atoms with Crippen LogP contribution < -0.4 is 0 Å². The lowest BCUT2D eigenvalue weighted by molar-refractivity contribution is 0.207. The molecule has 22 heavy (non-hydrogen) atoms. The van der Waals surface area contributed by atoms with Crippen molar-refractivity contribution in [1.29, 1.82) is 0 Å². The van der Waals surface area contributed by atoms with Crippen molar-refractivity contribution in [2.24, 2.45) is 7.05 Å². The normalized spacial score (nSPS) is 17.2. The Hall–Kier alpha value is -1.32. The van der Waals surface area contributed by atoms with Gasteiger partial charge in [-0.25, -0.2) is 0 Å². The summed E-state index contributed by atoms with van der Waals surface area (Å²) in [5.41, 5.74) is 7.36. The molecule has 1 aliphatic rings. The van der Waals surface area contributed by atoms with Crippen LogP contribution in [0.2, 0.25) is 13.1 Å². The van der Waals surface area contributed by atoms with E-state index in [4.69, 9.17) is 0 Å². The average Bonchev–Trinajstić information content (AvgIpc) is 2.86. The molecule has 0 bridgehead atoms. The highest BCUT2D eigenvalue weighted by Crippen LogP contribution is 2.49. The van der Waals surface area contributed by atoms with E-state index in [-0.39, 0.29) is 5.54 Å². The lowest BCUT2D eigenvalue weighted by atomic mass is 10.0. The predicted molar refractivity (Wildman–Crippen MR) is 97.9 cm³/mol. The molecule has 1 aromatic heterocycles. The average molecular weight is 313 g/mol. The largest absolute Gasteiger partial charge is 0.350 e. The first-order valence-corrected chi connectivity index (χ1v) is 11.1. The maximum Gasteiger partial charge on any atom is 0.107 e. The molecular weight excluding hydrogens is 284 g/mol. The molecule has 0 saturated carbocycles. The number of rotatable bonds is 2. The highest BCUT2D eigenvalue weighted by Gasteiger charge is 2.41. The third-order valence-electron chi connectivity index (χ3n) is 4.93. The molecule has 2 nitrogen and oxygen atoms in total. The molecule has 0 amide bonds. The van der Waals surface area contributed by atoms with Gasteiger partial charge in [0.2, 0.25) is 0 Å². The van der Waals surface area contributed by atoms with Crippen molar-refractivity contribution in [3.63, 3.8) is 0 Å². The summed E-state index contributed by atoms with van der Waals surface area (Å²) < 4.78 is 5.19. The minimum Gasteiger partial charge on any atom is -0.350 e. The zero-order chi connectivity index (χ0) is 16.2. The van der Waals surface area contributed by atoms with Gasteiger partial charge in [0, 0.05) is 29.5 Å². The zero-order valence-electron chi connectivity index (χ0n) is 14.9. The molecule has 0 aliphatic heterocycles. The maximum absolute atomic E-state index is 2.79. The Morgan fingerprint density at radius 1 is 1.09 bits per heavy atom. The molecule has 0 spiro atoms. The van der Waals surface area contributed by atoms with E-state index in [9.17, 15) is 0 Å². The molecule has 1 atom stereocenters. The molecule has 1 unspecified atom stereocenters. The summed E-state index contributed by atoms with van der Waals surface area (Å²) in [5.74, 6) is 0. The van der Waals surface area contributed by atoms with Gasteiger partial charge in [0.25, 0.3) is 0 Å². The van der Waals surface area contributed by atoms with Crippen LogP contribution in [0, 0.1) is 6.92 Å². The first-order valence-electron chi connectivity index (χ1n) is 8.27. The lowest BCUT2D eigenvalue weighted by Crippen LogP contribution is -2.50. The van der Waals surface area contributed by atoms with Crippen LogP contribution >= 0.6 is 0 Å². The van der Waals surface area contributed by atoms with E-state index in [1.807, 2.05) is 0 Å². The number of hydrogen-bond donors (Lipinski definition) is 0. The summed E-state index contributed by atoms with van der Waals surface area (Å²) in [6.07, 6.45) is 0. The molecule has 3 heteroatoms. The van der Waals surface area contributed by atoms with Crippen molar-refractivity contribution in [2.45, 2.75) is 52.4 Å². The summed E-state index contributed by atoms with van der Waals surface area (Å²) in [5, 5.41) is 0.